The highest BCUT2D eigenvalue weighted by atomic mass is 79.9. The molecule has 9 heteroatoms. The molecular weight excluding hydrogens is 426 g/mol. The third kappa shape index (κ3) is 3.41. The monoisotopic (exact) mass is 443 g/mol. The second-order valence-corrected chi connectivity index (χ2v) is 6.90. The van der Waals surface area contributed by atoms with Crippen molar-refractivity contribution < 1.29 is 14.4 Å². The lowest BCUT2D eigenvalue weighted by Crippen LogP contribution is -2.58. The van der Waals surface area contributed by atoms with Crippen LogP contribution >= 0.6 is 15.9 Å². The zero-order valence-electron chi connectivity index (χ0n) is 15.0. The van der Waals surface area contributed by atoms with E-state index in [4.69, 9.17) is 5.73 Å². The van der Waals surface area contributed by atoms with Crippen molar-refractivity contribution in [2.45, 2.75) is 5.54 Å². The molecule has 144 valence electrons. The number of nitrogens with two attached hydrogens (primary N) is 1. The van der Waals surface area contributed by atoms with E-state index in [1.807, 2.05) is 6.07 Å². The van der Waals surface area contributed by atoms with Crippen LogP contribution in [-0.4, -0.2) is 37.1 Å². The minimum Gasteiger partial charge on any atom is -0.367 e. The highest BCUT2D eigenvalue weighted by Gasteiger charge is 2.49. The van der Waals surface area contributed by atoms with E-state index in [9.17, 15) is 14.4 Å². The zero-order valence-corrected chi connectivity index (χ0v) is 16.5. The molecule has 28 heavy (non-hydrogen) atoms. The number of benzene rings is 2. The molecule has 5 N–H and O–H groups in total. The third-order valence-corrected chi connectivity index (χ3v) is 5.13. The van der Waals surface area contributed by atoms with Crippen molar-refractivity contribution in [3.63, 3.8) is 0 Å². The molecule has 0 fully saturated rings. The minimum atomic E-state index is -1.52. The molecule has 1 aliphatic rings. The van der Waals surface area contributed by atoms with Crippen LogP contribution in [0.2, 0.25) is 0 Å². The Balaban J connectivity index is 1.88. The summed E-state index contributed by atoms with van der Waals surface area (Å²) in [5.41, 5.74) is 5.58. The van der Waals surface area contributed by atoms with Gasteiger partial charge in [-0.3, -0.25) is 24.7 Å². The number of rotatable bonds is 5. The highest BCUT2D eigenvalue weighted by Crippen LogP contribution is 2.28. The lowest BCUT2D eigenvalue weighted by molar-refractivity contribution is -0.123. The summed E-state index contributed by atoms with van der Waals surface area (Å²) in [5.74, 6) is -1.51. The maximum absolute atomic E-state index is 12.4. The Labute approximate surface area is 169 Å². The molecule has 2 aromatic rings. The predicted molar refractivity (Wildman–Crippen MR) is 109 cm³/mol. The van der Waals surface area contributed by atoms with Gasteiger partial charge in [0, 0.05) is 17.2 Å². The number of aliphatic imine (C=N–C) groups is 1. The summed E-state index contributed by atoms with van der Waals surface area (Å²) in [6.45, 7) is 0.0895. The van der Waals surface area contributed by atoms with Crippen LogP contribution < -0.4 is 21.7 Å². The first-order valence-corrected chi connectivity index (χ1v) is 9.18. The molecule has 0 saturated carbocycles. The number of amides is 3. The fourth-order valence-electron chi connectivity index (χ4n) is 3.03. The highest BCUT2D eigenvalue weighted by molar-refractivity contribution is 9.10. The molecular formula is C19H18BrN5O3. The summed E-state index contributed by atoms with van der Waals surface area (Å²) in [5, 5.41) is 8.17. The van der Waals surface area contributed by atoms with Crippen LogP contribution in [0.5, 0.6) is 0 Å². The van der Waals surface area contributed by atoms with E-state index >= 15 is 0 Å². The minimum absolute atomic E-state index is 0.00695. The average molecular weight is 444 g/mol. The number of nitrogens with one attached hydrogen (secondary N) is 3. The van der Waals surface area contributed by atoms with E-state index in [-0.39, 0.29) is 18.3 Å². The van der Waals surface area contributed by atoms with E-state index in [1.54, 1.807) is 42.5 Å². The van der Waals surface area contributed by atoms with Crippen molar-refractivity contribution in [1.29, 1.82) is 0 Å². The number of nitrogens with zero attached hydrogens (tertiary/aromatic N) is 1. The number of primary amides is 1. The normalized spacial score (nSPS) is 18.3. The average Bonchev–Trinajstić information content (AvgIpc) is 3.14. The molecule has 0 bridgehead atoms. The van der Waals surface area contributed by atoms with Crippen LogP contribution in [0.3, 0.4) is 0 Å². The Morgan fingerprint density at radius 3 is 2.39 bits per heavy atom. The van der Waals surface area contributed by atoms with Crippen molar-refractivity contribution in [3.05, 3.63) is 64.1 Å². The SMILES string of the molecule is CNC(=O)C1=NCNC1(C(N)=O)c1ccc(NC(=O)c2ccccc2Br)cc1. The first kappa shape index (κ1) is 19.7. The van der Waals surface area contributed by atoms with Crippen molar-refractivity contribution >= 4 is 45.1 Å². The van der Waals surface area contributed by atoms with Gasteiger partial charge in [-0.25, -0.2) is 0 Å². The van der Waals surface area contributed by atoms with Gasteiger partial charge in [0.05, 0.1) is 12.2 Å². The standard InChI is InChI=1S/C19H18BrN5O3/c1-22-17(27)15-19(18(21)28,24-10-23-15)11-6-8-12(9-7-11)25-16(26)13-4-2-3-5-14(13)20/h2-9,24H,10H2,1H3,(H2,21,28)(H,22,27)(H,25,26). The Morgan fingerprint density at radius 2 is 1.79 bits per heavy atom. The van der Waals surface area contributed by atoms with Gasteiger partial charge in [-0.1, -0.05) is 24.3 Å². The van der Waals surface area contributed by atoms with Crippen molar-refractivity contribution in [3.8, 4) is 0 Å². The van der Waals surface area contributed by atoms with Gasteiger partial charge in [0.2, 0.25) is 5.91 Å². The molecule has 2 aromatic carbocycles. The van der Waals surface area contributed by atoms with Gasteiger partial charge >= 0.3 is 0 Å². The molecule has 0 aliphatic carbocycles. The van der Waals surface area contributed by atoms with Crippen LogP contribution in [0.4, 0.5) is 5.69 Å². The lowest BCUT2D eigenvalue weighted by atomic mass is 9.84. The molecule has 8 nitrogen and oxygen atoms in total. The number of hydrogen-bond acceptors (Lipinski definition) is 5. The number of carbonyl (C=O) groups is 3. The molecule has 1 unspecified atom stereocenters. The van der Waals surface area contributed by atoms with Crippen LogP contribution in [-0.2, 0) is 15.1 Å². The summed E-state index contributed by atoms with van der Waals surface area (Å²) in [4.78, 5) is 40.9. The number of anilines is 1. The van der Waals surface area contributed by atoms with E-state index in [1.165, 1.54) is 7.05 Å². The van der Waals surface area contributed by atoms with Crippen molar-refractivity contribution in [1.82, 2.24) is 10.6 Å². The van der Waals surface area contributed by atoms with Gasteiger partial charge in [-0.2, -0.15) is 0 Å². The molecule has 1 atom stereocenters. The Hall–Kier alpha value is -3.04. The largest absolute Gasteiger partial charge is 0.367 e. The summed E-state index contributed by atoms with van der Waals surface area (Å²) in [6, 6.07) is 13.6. The summed E-state index contributed by atoms with van der Waals surface area (Å²) < 4.78 is 0.679. The van der Waals surface area contributed by atoms with Crippen LogP contribution in [0.1, 0.15) is 15.9 Å². The molecule has 0 aromatic heterocycles. The second-order valence-electron chi connectivity index (χ2n) is 6.05. The maximum Gasteiger partial charge on any atom is 0.267 e. The Bertz CT molecular complexity index is 974. The van der Waals surface area contributed by atoms with Crippen molar-refractivity contribution in [2.24, 2.45) is 10.7 Å². The van der Waals surface area contributed by atoms with Crippen LogP contribution in [0.15, 0.2) is 58.0 Å². The number of carbonyl (C=O) groups excluding carboxylic acids is 3. The first-order chi connectivity index (χ1) is 13.4. The van der Waals surface area contributed by atoms with Gasteiger partial charge in [0.15, 0.2) is 5.54 Å². The Morgan fingerprint density at radius 1 is 1.11 bits per heavy atom. The van der Waals surface area contributed by atoms with Gasteiger partial charge < -0.3 is 16.4 Å². The molecule has 1 heterocycles. The second kappa shape index (κ2) is 7.91. The fraction of sp³-hybridized carbons (Fsp3) is 0.158. The molecule has 0 saturated heterocycles. The predicted octanol–water partition coefficient (Wildman–Crippen LogP) is 1.13. The molecule has 3 rings (SSSR count). The van der Waals surface area contributed by atoms with Gasteiger partial charge in [-0.15, -0.1) is 0 Å². The molecule has 0 spiro atoms. The third-order valence-electron chi connectivity index (χ3n) is 4.44. The van der Waals surface area contributed by atoms with E-state index in [0.29, 0.717) is 21.3 Å². The maximum atomic E-state index is 12.4. The van der Waals surface area contributed by atoms with Crippen LogP contribution in [0, 0.1) is 0 Å². The molecule has 0 radical (unpaired) electrons. The Kier molecular flexibility index (Phi) is 5.57. The van der Waals surface area contributed by atoms with Crippen molar-refractivity contribution in [2.75, 3.05) is 19.0 Å². The summed E-state index contributed by atoms with van der Waals surface area (Å²) >= 11 is 3.34. The lowest BCUT2D eigenvalue weighted by Gasteiger charge is -2.27. The smallest absolute Gasteiger partial charge is 0.267 e. The topological polar surface area (TPSA) is 126 Å². The fourth-order valence-corrected chi connectivity index (χ4v) is 3.50. The number of hydrogen-bond donors (Lipinski definition) is 4. The van der Waals surface area contributed by atoms with E-state index in [2.05, 4.69) is 36.9 Å². The van der Waals surface area contributed by atoms with E-state index in [0.717, 1.165) is 0 Å². The molecule has 1 aliphatic heterocycles. The molecule has 3 amide bonds. The van der Waals surface area contributed by atoms with Gasteiger partial charge in [-0.05, 0) is 45.8 Å². The van der Waals surface area contributed by atoms with Gasteiger partial charge in [0.1, 0.15) is 5.71 Å². The van der Waals surface area contributed by atoms with Crippen LogP contribution in [0.25, 0.3) is 0 Å². The van der Waals surface area contributed by atoms with E-state index < -0.39 is 17.4 Å². The van der Waals surface area contributed by atoms with Gasteiger partial charge in [0.25, 0.3) is 11.8 Å². The summed E-state index contributed by atoms with van der Waals surface area (Å²) in [7, 11) is 1.45. The zero-order chi connectivity index (χ0) is 20.3. The number of halogens is 1. The first-order valence-electron chi connectivity index (χ1n) is 8.38. The quantitative estimate of drug-likeness (QED) is 0.552. The summed E-state index contributed by atoms with van der Waals surface area (Å²) in [6.07, 6.45) is 0.